The molecule has 1 aliphatic heterocycles. The number of rotatable bonds is 7. The number of sulfonamides is 1. The zero-order valence-corrected chi connectivity index (χ0v) is 19.6. The van der Waals surface area contributed by atoms with Crippen molar-refractivity contribution in [3.8, 4) is 0 Å². The largest absolute Gasteiger partial charge is 0.368 e. The van der Waals surface area contributed by atoms with E-state index >= 15 is 0 Å². The lowest BCUT2D eigenvalue weighted by molar-refractivity contribution is 0.102. The van der Waals surface area contributed by atoms with Crippen LogP contribution in [-0.2, 0) is 10.0 Å². The quantitative estimate of drug-likeness (QED) is 0.650. The minimum absolute atomic E-state index is 0.179. The van der Waals surface area contributed by atoms with E-state index in [-0.39, 0.29) is 22.9 Å². The second kappa shape index (κ2) is 9.83. The highest BCUT2D eigenvalue weighted by atomic mass is 32.2. The van der Waals surface area contributed by atoms with E-state index in [2.05, 4.69) is 21.9 Å². The maximum atomic E-state index is 13.3. The molecular formula is C24H33N3O3S. The Morgan fingerprint density at radius 2 is 1.94 bits per heavy atom. The van der Waals surface area contributed by atoms with Crippen LogP contribution in [0.15, 0.2) is 47.4 Å². The molecule has 0 aromatic heterocycles. The molecule has 1 heterocycles. The fourth-order valence-corrected chi connectivity index (χ4v) is 5.50. The minimum Gasteiger partial charge on any atom is -0.368 e. The summed E-state index contributed by atoms with van der Waals surface area (Å²) in [6.45, 7) is 8.62. The third-order valence-corrected chi connectivity index (χ3v) is 7.60. The first-order valence-corrected chi connectivity index (χ1v) is 12.5. The molecule has 2 atom stereocenters. The highest BCUT2D eigenvalue weighted by molar-refractivity contribution is 7.89. The van der Waals surface area contributed by atoms with Crippen molar-refractivity contribution in [2.24, 2.45) is 0 Å². The summed E-state index contributed by atoms with van der Waals surface area (Å²) >= 11 is 0. The first kappa shape index (κ1) is 23.3. The van der Waals surface area contributed by atoms with E-state index in [0.29, 0.717) is 23.4 Å². The number of benzene rings is 2. The fraction of sp³-hybridized carbons (Fsp3) is 0.458. The molecule has 2 N–H and O–H groups in total. The molecule has 0 saturated carbocycles. The van der Waals surface area contributed by atoms with Gasteiger partial charge in [0.05, 0.1) is 5.69 Å². The molecule has 1 saturated heterocycles. The summed E-state index contributed by atoms with van der Waals surface area (Å²) < 4.78 is 29.3. The number of amides is 1. The fourth-order valence-electron chi connectivity index (χ4n) is 3.94. The van der Waals surface area contributed by atoms with Crippen molar-refractivity contribution in [2.45, 2.75) is 70.4 Å². The van der Waals surface area contributed by atoms with Gasteiger partial charge in [0, 0.05) is 29.9 Å². The Labute approximate surface area is 186 Å². The van der Waals surface area contributed by atoms with Crippen molar-refractivity contribution >= 4 is 27.3 Å². The molecule has 7 heteroatoms. The lowest BCUT2D eigenvalue weighted by Crippen LogP contribution is -2.39. The lowest BCUT2D eigenvalue weighted by atomic mass is 10.0. The predicted molar refractivity (Wildman–Crippen MR) is 126 cm³/mol. The molecule has 6 nitrogen and oxygen atoms in total. The van der Waals surface area contributed by atoms with E-state index in [9.17, 15) is 13.2 Å². The summed E-state index contributed by atoms with van der Waals surface area (Å²) in [5, 5.41) is 2.87. The number of piperidine rings is 1. The first-order chi connectivity index (χ1) is 14.7. The van der Waals surface area contributed by atoms with Crippen LogP contribution < -0.4 is 14.9 Å². The monoisotopic (exact) mass is 443 g/mol. The van der Waals surface area contributed by atoms with Crippen molar-refractivity contribution in [1.82, 2.24) is 4.72 Å². The summed E-state index contributed by atoms with van der Waals surface area (Å²) in [4.78, 5) is 15.2. The molecule has 1 amide bonds. The van der Waals surface area contributed by atoms with Crippen LogP contribution in [0.2, 0.25) is 0 Å². The molecule has 1 aliphatic rings. The molecule has 0 radical (unpaired) electrons. The van der Waals surface area contributed by atoms with Gasteiger partial charge in [-0.1, -0.05) is 25.1 Å². The molecular weight excluding hydrogens is 410 g/mol. The molecule has 31 heavy (non-hydrogen) atoms. The van der Waals surface area contributed by atoms with Crippen molar-refractivity contribution in [3.63, 3.8) is 0 Å². The van der Waals surface area contributed by atoms with E-state index in [1.165, 1.54) is 0 Å². The van der Waals surface area contributed by atoms with Crippen LogP contribution in [0.1, 0.15) is 62.4 Å². The summed E-state index contributed by atoms with van der Waals surface area (Å²) in [6.07, 6.45) is 3.91. The Morgan fingerprint density at radius 1 is 1.19 bits per heavy atom. The Balaban J connectivity index is 1.99. The zero-order chi connectivity index (χ0) is 22.6. The van der Waals surface area contributed by atoms with E-state index in [1.54, 1.807) is 18.2 Å². The number of nitrogens with one attached hydrogen (secondary N) is 2. The normalized spacial score (nSPS) is 17.9. The second-order valence-electron chi connectivity index (χ2n) is 8.42. The van der Waals surface area contributed by atoms with Crippen LogP contribution in [0.4, 0.5) is 11.4 Å². The molecule has 0 spiro atoms. The molecule has 168 valence electrons. The smallest absolute Gasteiger partial charge is 0.255 e. The van der Waals surface area contributed by atoms with Gasteiger partial charge in [0.25, 0.3) is 5.91 Å². The molecule has 0 bridgehead atoms. The van der Waals surface area contributed by atoms with Crippen molar-refractivity contribution < 1.29 is 13.2 Å². The van der Waals surface area contributed by atoms with Crippen LogP contribution in [0, 0.1) is 6.92 Å². The minimum atomic E-state index is -3.75. The SMILES string of the molecule is CCC(C)NS(=O)(=O)c1cc(NC(=O)c2ccccc2C)ccc1N1CCCCC1C. The number of anilines is 2. The van der Waals surface area contributed by atoms with Gasteiger partial charge in [-0.15, -0.1) is 0 Å². The Morgan fingerprint density at radius 3 is 2.61 bits per heavy atom. The van der Waals surface area contributed by atoms with Crippen LogP contribution in [0.25, 0.3) is 0 Å². The van der Waals surface area contributed by atoms with Crippen molar-refractivity contribution in [3.05, 3.63) is 53.6 Å². The average Bonchev–Trinajstić information content (AvgIpc) is 2.74. The highest BCUT2D eigenvalue weighted by Gasteiger charge is 2.28. The standard InChI is InChI=1S/C24H33N3O3S/c1-5-18(3)26-31(29,30)23-16-20(25-24(28)21-12-7-6-10-17(21)2)13-14-22(23)27-15-9-8-11-19(27)4/h6-7,10,12-14,16,18-19,26H,5,8-9,11,15H2,1-4H3,(H,25,28). The highest BCUT2D eigenvalue weighted by Crippen LogP contribution is 2.33. The zero-order valence-electron chi connectivity index (χ0n) is 18.8. The number of hydrogen-bond donors (Lipinski definition) is 2. The van der Waals surface area contributed by atoms with Gasteiger partial charge in [0.1, 0.15) is 4.90 Å². The van der Waals surface area contributed by atoms with E-state index in [4.69, 9.17) is 0 Å². The van der Waals surface area contributed by atoms with Crippen molar-refractivity contribution in [1.29, 1.82) is 0 Å². The molecule has 0 aliphatic carbocycles. The van der Waals surface area contributed by atoms with E-state index < -0.39 is 10.0 Å². The van der Waals surface area contributed by atoms with Crippen LogP contribution >= 0.6 is 0 Å². The van der Waals surface area contributed by atoms with Gasteiger partial charge in [-0.3, -0.25) is 4.79 Å². The van der Waals surface area contributed by atoms with Gasteiger partial charge in [-0.05, 0) is 76.3 Å². The number of aryl methyl sites for hydroxylation is 1. The summed E-state index contributed by atoms with van der Waals surface area (Å²) in [7, 11) is -3.75. The van der Waals surface area contributed by atoms with Crippen LogP contribution in [-0.4, -0.2) is 33.0 Å². The molecule has 2 aromatic rings. The molecule has 2 aromatic carbocycles. The Bertz CT molecular complexity index is 1040. The van der Waals surface area contributed by atoms with Gasteiger partial charge in [-0.2, -0.15) is 0 Å². The van der Waals surface area contributed by atoms with Gasteiger partial charge >= 0.3 is 0 Å². The molecule has 1 fully saturated rings. The van der Waals surface area contributed by atoms with Gasteiger partial charge < -0.3 is 10.2 Å². The third kappa shape index (κ3) is 5.46. The van der Waals surface area contributed by atoms with Crippen molar-refractivity contribution in [2.75, 3.05) is 16.8 Å². The number of hydrogen-bond acceptors (Lipinski definition) is 4. The molecule has 2 unspecified atom stereocenters. The van der Waals surface area contributed by atoms with E-state index in [0.717, 1.165) is 31.4 Å². The van der Waals surface area contributed by atoms with E-state index in [1.807, 2.05) is 45.0 Å². The second-order valence-corrected chi connectivity index (χ2v) is 10.1. The maximum Gasteiger partial charge on any atom is 0.255 e. The number of nitrogens with zero attached hydrogens (tertiary/aromatic N) is 1. The maximum absolute atomic E-state index is 13.3. The predicted octanol–water partition coefficient (Wildman–Crippen LogP) is 4.70. The Kier molecular flexibility index (Phi) is 7.38. The van der Waals surface area contributed by atoms with Crippen LogP contribution in [0.3, 0.4) is 0 Å². The molecule has 3 rings (SSSR count). The van der Waals surface area contributed by atoms with Gasteiger partial charge in [-0.25, -0.2) is 13.1 Å². The first-order valence-electron chi connectivity index (χ1n) is 11.0. The van der Waals surface area contributed by atoms with Gasteiger partial charge in [0.2, 0.25) is 10.0 Å². The number of carbonyl (C=O) groups excluding carboxylic acids is 1. The Hall–Kier alpha value is -2.38. The topological polar surface area (TPSA) is 78.5 Å². The average molecular weight is 444 g/mol. The lowest BCUT2D eigenvalue weighted by Gasteiger charge is -2.36. The summed E-state index contributed by atoms with van der Waals surface area (Å²) in [5.74, 6) is -0.254. The number of carbonyl (C=O) groups is 1. The third-order valence-electron chi connectivity index (χ3n) is 5.98. The van der Waals surface area contributed by atoms with Gasteiger partial charge in [0.15, 0.2) is 0 Å². The van der Waals surface area contributed by atoms with Crippen LogP contribution in [0.5, 0.6) is 0 Å². The summed E-state index contributed by atoms with van der Waals surface area (Å²) in [5.41, 5.74) is 2.59. The summed E-state index contributed by atoms with van der Waals surface area (Å²) in [6, 6.07) is 12.6.